The van der Waals surface area contributed by atoms with E-state index in [1.54, 1.807) is 18.3 Å². The van der Waals surface area contributed by atoms with Gasteiger partial charge in [0.25, 0.3) is 0 Å². The molecule has 0 bridgehead atoms. The molecule has 1 amide bonds. The lowest BCUT2D eigenvalue weighted by atomic mass is 9.99. The second kappa shape index (κ2) is 5.73. The van der Waals surface area contributed by atoms with Crippen molar-refractivity contribution in [3.63, 3.8) is 0 Å². The first kappa shape index (κ1) is 14.3. The van der Waals surface area contributed by atoms with Gasteiger partial charge in [0.2, 0.25) is 5.91 Å². The van der Waals surface area contributed by atoms with Gasteiger partial charge in [0.1, 0.15) is 5.82 Å². The van der Waals surface area contributed by atoms with Gasteiger partial charge in [-0.1, -0.05) is 17.3 Å². The number of amides is 1. The number of benzene rings is 1. The lowest BCUT2D eigenvalue weighted by molar-refractivity contribution is -0.137. The molecular formula is C16H17FN4O2. The van der Waals surface area contributed by atoms with Crippen LogP contribution in [-0.2, 0) is 22.6 Å². The number of carbonyl (C=O) groups excluding carboxylic acids is 1. The largest absolute Gasteiger partial charge is 0.370 e. The van der Waals surface area contributed by atoms with E-state index in [1.165, 1.54) is 12.1 Å². The Labute approximate surface area is 132 Å². The molecule has 1 saturated heterocycles. The molecule has 23 heavy (non-hydrogen) atoms. The second-order valence-electron chi connectivity index (χ2n) is 6.02. The zero-order chi connectivity index (χ0) is 15.8. The van der Waals surface area contributed by atoms with Crippen LogP contribution in [0.2, 0.25) is 0 Å². The van der Waals surface area contributed by atoms with Crippen LogP contribution in [0.3, 0.4) is 0 Å². The molecule has 0 unspecified atom stereocenters. The molecule has 2 aromatic rings. The minimum absolute atomic E-state index is 0.00119. The van der Waals surface area contributed by atoms with E-state index in [0.717, 1.165) is 12.1 Å². The molecule has 120 valence electrons. The van der Waals surface area contributed by atoms with E-state index in [9.17, 15) is 9.18 Å². The summed E-state index contributed by atoms with van der Waals surface area (Å²) in [4.78, 5) is 14.3. The summed E-state index contributed by atoms with van der Waals surface area (Å²) in [5.41, 5.74) is 1.63. The first-order chi connectivity index (χ1) is 11.2. The van der Waals surface area contributed by atoms with Crippen LogP contribution in [0, 0.1) is 5.82 Å². The third-order valence-corrected chi connectivity index (χ3v) is 4.53. The molecule has 0 radical (unpaired) electrons. The molecule has 0 spiro atoms. The number of fused-ring (bicyclic) bond motifs is 3. The summed E-state index contributed by atoms with van der Waals surface area (Å²) in [6, 6.07) is 6.19. The van der Waals surface area contributed by atoms with Crippen molar-refractivity contribution >= 4 is 5.91 Å². The molecule has 2 aliphatic rings. The van der Waals surface area contributed by atoms with E-state index in [2.05, 4.69) is 10.3 Å². The maximum absolute atomic E-state index is 13.3. The van der Waals surface area contributed by atoms with Gasteiger partial charge in [0.15, 0.2) is 0 Å². The molecule has 7 heteroatoms. The van der Waals surface area contributed by atoms with Gasteiger partial charge < -0.3 is 9.64 Å². The summed E-state index contributed by atoms with van der Waals surface area (Å²) in [7, 11) is 0. The molecule has 0 saturated carbocycles. The minimum Gasteiger partial charge on any atom is -0.370 e. The number of ether oxygens (including phenoxy) is 1. The zero-order valence-corrected chi connectivity index (χ0v) is 12.6. The number of piperidine rings is 1. The maximum Gasteiger partial charge on any atom is 0.227 e. The quantitative estimate of drug-likeness (QED) is 0.839. The lowest BCUT2D eigenvalue weighted by Crippen LogP contribution is -2.50. The van der Waals surface area contributed by atoms with Gasteiger partial charge in [-0.2, -0.15) is 0 Å². The van der Waals surface area contributed by atoms with Gasteiger partial charge in [-0.15, -0.1) is 5.10 Å². The fourth-order valence-corrected chi connectivity index (χ4v) is 3.34. The Morgan fingerprint density at radius 1 is 1.43 bits per heavy atom. The van der Waals surface area contributed by atoms with Crippen molar-refractivity contribution in [2.45, 2.75) is 31.6 Å². The van der Waals surface area contributed by atoms with E-state index < -0.39 is 0 Å². The molecule has 4 rings (SSSR count). The summed E-state index contributed by atoms with van der Waals surface area (Å²) in [6.45, 7) is 1.72. The van der Waals surface area contributed by atoms with Crippen molar-refractivity contribution < 1.29 is 13.9 Å². The summed E-state index contributed by atoms with van der Waals surface area (Å²) >= 11 is 0. The number of likely N-dealkylation sites (tertiary alicyclic amines) is 1. The highest BCUT2D eigenvalue weighted by Gasteiger charge is 2.37. The summed E-state index contributed by atoms with van der Waals surface area (Å²) in [5.74, 6) is -0.316. The van der Waals surface area contributed by atoms with Crippen LogP contribution in [0.4, 0.5) is 4.39 Å². The van der Waals surface area contributed by atoms with Crippen LogP contribution in [0.15, 0.2) is 30.5 Å². The van der Waals surface area contributed by atoms with Crippen LogP contribution in [0.25, 0.3) is 0 Å². The number of carbonyl (C=O) groups is 1. The first-order valence-electron chi connectivity index (χ1n) is 7.73. The average molecular weight is 316 g/mol. The lowest BCUT2D eigenvalue weighted by Gasteiger charge is -2.41. The van der Waals surface area contributed by atoms with Crippen molar-refractivity contribution in [1.82, 2.24) is 19.9 Å². The SMILES string of the molecule is O=C(Cc1cccc(F)c1)N1CC[C@H]2OCc3cnnn3[C@@H]2C1. The normalized spacial score (nSPS) is 23.3. The fourth-order valence-electron chi connectivity index (χ4n) is 3.34. The third-order valence-electron chi connectivity index (χ3n) is 4.53. The van der Waals surface area contributed by atoms with Crippen molar-refractivity contribution in [2.24, 2.45) is 0 Å². The highest BCUT2D eigenvalue weighted by atomic mass is 19.1. The number of aromatic nitrogens is 3. The van der Waals surface area contributed by atoms with Crippen molar-refractivity contribution in [3.05, 3.63) is 47.5 Å². The van der Waals surface area contributed by atoms with Crippen LogP contribution in [0.1, 0.15) is 23.7 Å². The predicted molar refractivity (Wildman–Crippen MR) is 78.9 cm³/mol. The smallest absolute Gasteiger partial charge is 0.227 e. The number of hydrogen-bond donors (Lipinski definition) is 0. The Bertz CT molecular complexity index is 732. The van der Waals surface area contributed by atoms with Gasteiger partial charge in [0.05, 0.1) is 37.1 Å². The van der Waals surface area contributed by atoms with E-state index in [-0.39, 0.29) is 30.3 Å². The van der Waals surface area contributed by atoms with Gasteiger partial charge in [-0.25, -0.2) is 9.07 Å². The van der Waals surface area contributed by atoms with Crippen LogP contribution in [-0.4, -0.2) is 45.0 Å². The van der Waals surface area contributed by atoms with Crippen LogP contribution >= 0.6 is 0 Å². The van der Waals surface area contributed by atoms with Gasteiger partial charge in [-0.3, -0.25) is 4.79 Å². The van der Waals surface area contributed by atoms with E-state index in [0.29, 0.717) is 25.3 Å². The highest BCUT2D eigenvalue weighted by Crippen LogP contribution is 2.30. The molecule has 3 heterocycles. The Hall–Kier alpha value is -2.28. The highest BCUT2D eigenvalue weighted by molar-refractivity contribution is 5.79. The molecule has 0 aliphatic carbocycles. The fraction of sp³-hybridized carbons (Fsp3) is 0.438. The molecule has 0 N–H and O–H groups in total. The van der Waals surface area contributed by atoms with Gasteiger partial charge in [0, 0.05) is 13.1 Å². The van der Waals surface area contributed by atoms with Gasteiger partial charge in [-0.05, 0) is 24.1 Å². The summed E-state index contributed by atoms with van der Waals surface area (Å²) in [5, 5.41) is 8.06. The topological polar surface area (TPSA) is 60.3 Å². The maximum atomic E-state index is 13.3. The van der Waals surface area contributed by atoms with E-state index in [1.807, 2.05) is 9.58 Å². The van der Waals surface area contributed by atoms with Crippen LogP contribution < -0.4 is 0 Å². The van der Waals surface area contributed by atoms with Crippen molar-refractivity contribution in [3.8, 4) is 0 Å². The predicted octanol–water partition coefficient (Wildman–Crippen LogP) is 1.33. The molecule has 1 aromatic heterocycles. The summed E-state index contributed by atoms with van der Waals surface area (Å²) < 4.78 is 21.0. The number of halogens is 1. The number of nitrogens with zero attached hydrogens (tertiary/aromatic N) is 4. The van der Waals surface area contributed by atoms with Gasteiger partial charge >= 0.3 is 0 Å². The molecule has 1 aromatic carbocycles. The minimum atomic E-state index is -0.318. The standard InChI is InChI=1S/C16H17FN4O2/c17-12-3-1-2-11(6-12)7-16(22)20-5-4-15-14(9-20)21-13(10-23-15)8-18-19-21/h1-3,6,8,14-15H,4-5,7,9-10H2/t14-,15-/m1/s1. The average Bonchev–Trinajstić information content (AvgIpc) is 3.03. The molecule has 2 aliphatic heterocycles. The Morgan fingerprint density at radius 2 is 2.35 bits per heavy atom. The van der Waals surface area contributed by atoms with Crippen LogP contribution in [0.5, 0.6) is 0 Å². The summed E-state index contributed by atoms with van der Waals surface area (Å²) in [6.07, 6.45) is 2.76. The van der Waals surface area contributed by atoms with E-state index >= 15 is 0 Å². The number of rotatable bonds is 2. The molecule has 2 atom stereocenters. The number of hydrogen-bond acceptors (Lipinski definition) is 4. The van der Waals surface area contributed by atoms with Crippen molar-refractivity contribution in [2.75, 3.05) is 13.1 Å². The second-order valence-corrected chi connectivity index (χ2v) is 6.02. The molecular weight excluding hydrogens is 299 g/mol. The Morgan fingerprint density at radius 3 is 3.22 bits per heavy atom. The zero-order valence-electron chi connectivity index (χ0n) is 12.6. The monoisotopic (exact) mass is 316 g/mol. The molecule has 1 fully saturated rings. The Balaban J connectivity index is 1.48. The molecule has 6 nitrogen and oxygen atoms in total. The van der Waals surface area contributed by atoms with Crippen molar-refractivity contribution in [1.29, 1.82) is 0 Å². The Kier molecular flexibility index (Phi) is 3.57. The first-order valence-corrected chi connectivity index (χ1v) is 7.73. The van der Waals surface area contributed by atoms with E-state index in [4.69, 9.17) is 4.74 Å². The third kappa shape index (κ3) is 2.72.